The van der Waals surface area contributed by atoms with E-state index >= 15 is 0 Å². The molecule has 0 spiro atoms. The van der Waals surface area contributed by atoms with Crippen LogP contribution in [0.4, 0.5) is 5.95 Å². The average Bonchev–Trinajstić information content (AvgIpc) is 2.44. The van der Waals surface area contributed by atoms with Gasteiger partial charge in [-0.25, -0.2) is 4.98 Å². The zero-order valence-electron chi connectivity index (χ0n) is 10.5. The van der Waals surface area contributed by atoms with Gasteiger partial charge in [0.15, 0.2) is 0 Å². The summed E-state index contributed by atoms with van der Waals surface area (Å²) in [6.45, 7) is 3.48. The highest BCUT2D eigenvalue weighted by molar-refractivity contribution is 5.27. The SMILES string of the molecule is CCCNc1nccc(OCc2ccccc2)n1. The minimum atomic E-state index is 0.519. The molecule has 1 N–H and O–H groups in total. The van der Waals surface area contributed by atoms with Crippen molar-refractivity contribution in [2.45, 2.75) is 20.0 Å². The molecule has 0 aliphatic carbocycles. The summed E-state index contributed by atoms with van der Waals surface area (Å²) in [6.07, 6.45) is 2.74. The molecule has 94 valence electrons. The molecule has 0 saturated heterocycles. The van der Waals surface area contributed by atoms with Gasteiger partial charge in [0.25, 0.3) is 0 Å². The lowest BCUT2D eigenvalue weighted by atomic mass is 10.2. The van der Waals surface area contributed by atoms with Crippen molar-refractivity contribution in [2.24, 2.45) is 0 Å². The minimum absolute atomic E-state index is 0.519. The lowest BCUT2D eigenvalue weighted by molar-refractivity contribution is 0.294. The summed E-state index contributed by atoms with van der Waals surface area (Å²) in [6, 6.07) is 11.8. The van der Waals surface area contributed by atoms with Crippen molar-refractivity contribution in [2.75, 3.05) is 11.9 Å². The Kier molecular flexibility index (Phi) is 4.53. The highest BCUT2D eigenvalue weighted by Crippen LogP contribution is 2.10. The Morgan fingerprint density at radius 1 is 1.17 bits per heavy atom. The molecule has 1 aromatic heterocycles. The van der Waals surface area contributed by atoms with E-state index in [1.807, 2.05) is 30.3 Å². The van der Waals surface area contributed by atoms with Crippen molar-refractivity contribution in [3.8, 4) is 5.88 Å². The summed E-state index contributed by atoms with van der Waals surface area (Å²) in [7, 11) is 0. The lowest BCUT2D eigenvalue weighted by Gasteiger charge is -2.07. The molecule has 18 heavy (non-hydrogen) atoms. The van der Waals surface area contributed by atoms with Gasteiger partial charge < -0.3 is 10.1 Å². The summed E-state index contributed by atoms with van der Waals surface area (Å²) >= 11 is 0. The van der Waals surface area contributed by atoms with Gasteiger partial charge in [-0.3, -0.25) is 0 Å². The van der Waals surface area contributed by atoms with E-state index in [4.69, 9.17) is 4.74 Å². The van der Waals surface area contributed by atoms with Crippen LogP contribution in [-0.2, 0) is 6.61 Å². The molecule has 0 bridgehead atoms. The first-order valence-electron chi connectivity index (χ1n) is 6.12. The number of nitrogens with zero attached hydrogens (tertiary/aromatic N) is 2. The van der Waals surface area contributed by atoms with E-state index in [1.54, 1.807) is 12.3 Å². The smallest absolute Gasteiger partial charge is 0.225 e. The molecule has 4 nitrogen and oxygen atoms in total. The molecule has 2 aromatic rings. The summed E-state index contributed by atoms with van der Waals surface area (Å²) in [5, 5.41) is 3.13. The molecule has 0 amide bonds. The van der Waals surface area contributed by atoms with Crippen molar-refractivity contribution >= 4 is 5.95 Å². The van der Waals surface area contributed by atoms with Crippen LogP contribution >= 0.6 is 0 Å². The molecule has 0 saturated carbocycles. The van der Waals surface area contributed by atoms with E-state index in [0.29, 0.717) is 18.4 Å². The van der Waals surface area contributed by atoms with Crippen molar-refractivity contribution in [3.05, 3.63) is 48.2 Å². The average molecular weight is 243 g/mol. The number of nitrogens with one attached hydrogen (secondary N) is 1. The van der Waals surface area contributed by atoms with E-state index < -0.39 is 0 Å². The second-order valence-corrected chi connectivity index (χ2v) is 3.92. The van der Waals surface area contributed by atoms with E-state index in [2.05, 4.69) is 22.2 Å². The van der Waals surface area contributed by atoms with E-state index in [1.165, 1.54) is 0 Å². The number of hydrogen-bond acceptors (Lipinski definition) is 4. The maximum atomic E-state index is 5.62. The van der Waals surface area contributed by atoms with Crippen LogP contribution < -0.4 is 10.1 Å². The Balaban J connectivity index is 1.93. The number of rotatable bonds is 6. The van der Waals surface area contributed by atoms with Crippen molar-refractivity contribution in [1.82, 2.24) is 9.97 Å². The van der Waals surface area contributed by atoms with Crippen LogP contribution in [0, 0.1) is 0 Å². The zero-order chi connectivity index (χ0) is 12.6. The molecule has 4 heteroatoms. The number of aromatic nitrogens is 2. The normalized spacial score (nSPS) is 10.1. The summed E-state index contributed by atoms with van der Waals surface area (Å²) in [4.78, 5) is 8.41. The third-order valence-corrected chi connectivity index (χ3v) is 2.39. The van der Waals surface area contributed by atoms with Crippen molar-refractivity contribution in [1.29, 1.82) is 0 Å². The van der Waals surface area contributed by atoms with Gasteiger partial charge >= 0.3 is 0 Å². The maximum absolute atomic E-state index is 5.62. The van der Waals surface area contributed by atoms with Gasteiger partial charge in [-0.05, 0) is 12.0 Å². The van der Waals surface area contributed by atoms with Gasteiger partial charge in [0.1, 0.15) is 6.61 Å². The first-order chi connectivity index (χ1) is 8.88. The lowest BCUT2D eigenvalue weighted by Crippen LogP contribution is -2.05. The highest BCUT2D eigenvalue weighted by atomic mass is 16.5. The first kappa shape index (κ1) is 12.4. The molecule has 0 aliphatic heterocycles. The first-order valence-corrected chi connectivity index (χ1v) is 6.12. The number of benzene rings is 1. The molecule has 0 aliphatic rings. The summed E-state index contributed by atoms with van der Waals surface area (Å²) in [5.74, 6) is 1.20. The molecule has 2 rings (SSSR count). The predicted molar refractivity (Wildman–Crippen MR) is 71.6 cm³/mol. The van der Waals surface area contributed by atoms with Crippen LogP contribution in [0.15, 0.2) is 42.6 Å². The van der Waals surface area contributed by atoms with Crippen LogP contribution in [0.2, 0.25) is 0 Å². The van der Waals surface area contributed by atoms with Crippen molar-refractivity contribution in [3.63, 3.8) is 0 Å². The molecule has 1 heterocycles. The molecule has 0 unspecified atom stereocenters. The van der Waals surface area contributed by atoms with E-state index in [0.717, 1.165) is 18.5 Å². The second kappa shape index (κ2) is 6.59. The van der Waals surface area contributed by atoms with Gasteiger partial charge in [0.05, 0.1) is 0 Å². The van der Waals surface area contributed by atoms with Gasteiger partial charge in [-0.1, -0.05) is 37.3 Å². The minimum Gasteiger partial charge on any atom is -0.473 e. The second-order valence-electron chi connectivity index (χ2n) is 3.92. The standard InChI is InChI=1S/C14H17N3O/c1-2-9-15-14-16-10-8-13(17-14)18-11-12-6-4-3-5-7-12/h3-8,10H,2,9,11H2,1H3,(H,15,16,17). The third-order valence-electron chi connectivity index (χ3n) is 2.39. The summed E-state index contributed by atoms with van der Waals surface area (Å²) in [5.41, 5.74) is 1.12. The highest BCUT2D eigenvalue weighted by Gasteiger charge is 1.99. The topological polar surface area (TPSA) is 47.0 Å². The van der Waals surface area contributed by atoms with Crippen LogP contribution in [0.25, 0.3) is 0 Å². The Morgan fingerprint density at radius 3 is 2.78 bits per heavy atom. The number of ether oxygens (including phenoxy) is 1. The van der Waals surface area contributed by atoms with Gasteiger partial charge in [-0.15, -0.1) is 0 Å². The molecule has 1 aromatic carbocycles. The maximum Gasteiger partial charge on any atom is 0.225 e. The molecular formula is C14H17N3O. The Hall–Kier alpha value is -2.10. The van der Waals surface area contributed by atoms with Crippen LogP contribution in [0.1, 0.15) is 18.9 Å². The van der Waals surface area contributed by atoms with E-state index in [-0.39, 0.29) is 0 Å². The van der Waals surface area contributed by atoms with Crippen molar-refractivity contribution < 1.29 is 4.74 Å². The quantitative estimate of drug-likeness (QED) is 0.847. The third kappa shape index (κ3) is 3.73. The van der Waals surface area contributed by atoms with Gasteiger partial charge in [-0.2, -0.15) is 4.98 Å². The number of hydrogen-bond donors (Lipinski definition) is 1. The fourth-order valence-electron chi connectivity index (χ4n) is 1.48. The van der Waals surface area contributed by atoms with E-state index in [9.17, 15) is 0 Å². The molecular weight excluding hydrogens is 226 g/mol. The van der Waals surface area contributed by atoms with Crippen LogP contribution in [0.3, 0.4) is 0 Å². The largest absolute Gasteiger partial charge is 0.473 e. The van der Waals surface area contributed by atoms with Gasteiger partial charge in [0, 0.05) is 18.8 Å². The monoisotopic (exact) mass is 243 g/mol. The Bertz CT molecular complexity index is 473. The molecule has 0 fully saturated rings. The van der Waals surface area contributed by atoms with Crippen LogP contribution in [-0.4, -0.2) is 16.5 Å². The fraction of sp³-hybridized carbons (Fsp3) is 0.286. The van der Waals surface area contributed by atoms with Gasteiger partial charge in [0.2, 0.25) is 11.8 Å². The number of anilines is 1. The fourth-order valence-corrected chi connectivity index (χ4v) is 1.48. The summed E-state index contributed by atoms with van der Waals surface area (Å²) < 4.78 is 5.62. The Labute approximate surface area is 107 Å². The molecule has 0 radical (unpaired) electrons. The molecule has 0 atom stereocenters. The zero-order valence-corrected chi connectivity index (χ0v) is 10.5. The Morgan fingerprint density at radius 2 is 2.00 bits per heavy atom. The predicted octanol–water partition coefficient (Wildman–Crippen LogP) is 2.88. The van der Waals surface area contributed by atoms with Crippen LogP contribution in [0.5, 0.6) is 5.88 Å².